The number of carbonyl (C=O) groups excluding carboxylic acids is 4. The van der Waals surface area contributed by atoms with Gasteiger partial charge in [-0.2, -0.15) is 0 Å². The molecule has 1 saturated heterocycles. The van der Waals surface area contributed by atoms with Crippen molar-refractivity contribution < 1.29 is 23.9 Å². The molecule has 1 aromatic rings. The van der Waals surface area contributed by atoms with E-state index in [1.165, 1.54) is 7.11 Å². The van der Waals surface area contributed by atoms with Crippen LogP contribution in [0.5, 0.6) is 5.75 Å². The first-order valence-corrected chi connectivity index (χ1v) is 9.00. The second-order valence-electron chi connectivity index (χ2n) is 7.29. The third-order valence-electron chi connectivity index (χ3n) is 4.31. The van der Waals surface area contributed by atoms with E-state index in [-0.39, 0.29) is 12.3 Å². The van der Waals surface area contributed by atoms with E-state index in [0.29, 0.717) is 12.3 Å². The summed E-state index contributed by atoms with van der Waals surface area (Å²) in [7, 11) is 1.52. The highest BCUT2D eigenvalue weighted by Gasteiger charge is 2.48. The number of nitrogens with one attached hydrogen (secondary N) is 3. The van der Waals surface area contributed by atoms with Gasteiger partial charge in [0.25, 0.3) is 5.91 Å². The second-order valence-corrected chi connectivity index (χ2v) is 7.29. The largest absolute Gasteiger partial charge is 0.496 e. The Hall–Kier alpha value is -3.10. The molecular formula is C19H26N4O5. The van der Waals surface area contributed by atoms with E-state index in [1.54, 1.807) is 25.1 Å². The molecule has 2 rings (SSSR count). The van der Waals surface area contributed by atoms with Gasteiger partial charge in [-0.05, 0) is 24.5 Å². The maximum Gasteiger partial charge on any atom is 0.325 e. The van der Waals surface area contributed by atoms with E-state index in [1.807, 2.05) is 19.9 Å². The molecule has 0 aliphatic carbocycles. The van der Waals surface area contributed by atoms with Gasteiger partial charge in [-0.25, -0.2) is 9.59 Å². The van der Waals surface area contributed by atoms with Crippen LogP contribution in [0.4, 0.5) is 9.59 Å². The molecule has 0 radical (unpaired) electrons. The molecule has 3 N–H and O–H groups in total. The average molecular weight is 390 g/mol. The lowest BCUT2D eigenvalue weighted by atomic mass is 9.92. The smallest absolute Gasteiger partial charge is 0.325 e. The lowest BCUT2D eigenvalue weighted by Crippen LogP contribution is -2.48. The average Bonchev–Trinajstić information content (AvgIpc) is 2.83. The van der Waals surface area contributed by atoms with Gasteiger partial charge in [0, 0.05) is 13.0 Å². The third kappa shape index (κ3) is 4.99. The van der Waals surface area contributed by atoms with E-state index < -0.39 is 36.0 Å². The number of nitrogens with zero attached hydrogens (tertiary/aromatic N) is 1. The van der Waals surface area contributed by atoms with Gasteiger partial charge < -0.3 is 15.4 Å². The summed E-state index contributed by atoms with van der Waals surface area (Å²) in [6.07, 6.45) is 0.203. The van der Waals surface area contributed by atoms with E-state index >= 15 is 0 Å². The molecule has 1 atom stereocenters. The van der Waals surface area contributed by atoms with E-state index in [4.69, 9.17) is 4.74 Å². The summed E-state index contributed by atoms with van der Waals surface area (Å²) in [5.41, 5.74) is -0.466. The van der Waals surface area contributed by atoms with Crippen molar-refractivity contribution >= 4 is 23.9 Å². The Morgan fingerprint density at radius 2 is 1.93 bits per heavy atom. The zero-order valence-electron chi connectivity index (χ0n) is 16.5. The van der Waals surface area contributed by atoms with Crippen molar-refractivity contribution in [1.82, 2.24) is 20.9 Å². The van der Waals surface area contributed by atoms with Crippen LogP contribution in [0.15, 0.2) is 24.3 Å². The summed E-state index contributed by atoms with van der Waals surface area (Å²) >= 11 is 0. The van der Waals surface area contributed by atoms with Crippen LogP contribution in [-0.2, 0) is 16.0 Å². The van der Waals surface area contributed by atoms with Crippen LogP contribution in [0.2, 0.25) is 0 Å². The van der Waals surface area contributed by atoms with Crippen molar-refractivity contribution in [3.05, 3.63) is 29.8 Å². The minimum absolute atomic E-state index is 0.203. The van der Waals surface area contributed by atoms with Gasteiger partial charge in [-0.1, -0.05) is 32.0 Å². The first-order valence-electron chi connectivity index (χ1n) is 9.00. The molecule has 0 bridgehead atoms. The first-order chi connectivity index (χ1) is 13.2. The van der Waals surface area contributed by atoms with Crippen molar-refractivity contribution in [3.63, 3.8) is 0 Å². The van der Waals surface area contributed by atoms with Crippen LogP contribution < -0.4 is 20.7 Å². The molecule has 1 fully saturated rings. The van der Waals surface area contributed by atoms with Gasteiger partial charge in [-0.15, -0.1) is 0 Å². The fourth-order valence-electron chi connectivity index (χ4n) is 2.89. The Morgan fingerprint density at radius 1 is 1.25 bits per heavy atom. The van der Waals surface area contributed by atoms with Gasteiger partial charge in [0.15, 0.2) is 0 Å². The van der Waals surface area contributed by atoms with Gasteiger partial charge in [-0.3, -0.25) is 19.8 Å². The molecule has 1 heterocycles. The monoisotopic (exact) mass is 390 g/mol. The molecule has 28 heavy (non-hydrogen) atoms. The molecule has 152 valence electrons. The maximum atomic E-state index is 12.8. The fraction of sp³-hybridized carbons (Fsp3) is 0.474. The summed E-state index contributed by atoms with van der Waals surface area (Å²) in [6.45, 7) is 5.28. The summed E-state index contributed by atoms with van der Waals surface area (Å²) in [5.74, 6) is -0.460. The number of ether oxygens (including phenoxy) is 1. The number of benzene rings is 1. The molecule has 1 aliphatic rings. The van der Waals surface area contributed by atoms with Gasteiger partial charge in [0.05, 0.1) is 7.11 Å². The maximum absolute atomic E-state index is 12.8. The summed E-state index contributed by atoms with van der Waals surface area (Å²) in [4.78, 5) is 49.6. The highest BCUT2D eigenvalue weighted by molar-refractivity contribution is 6.09. The minimum Gasteiger partial charge on any atom is -0.496 e. The van der Waals surface area contributed by atoms with Crippen molar-refractivity contribution in [1.29, 1.82) is 0 Å². The number of urea groups is 2. The number of amides is 6. The lowest BCUT2D eigenvalue weighted by Gasteiger charge is -2.22. The molecule has 0 aromatic heterocycles. The third-order valence-corrected chi connectivity index (χ3v) is 4.31. The van der Waals surface area contributed by atoms with Crippen molar-refractivity contribution in [2.45, 2.75) is 32.7 Å². The molecule has 0 spiro atoms. The van der Waals surface area contributed by atoms with E-state index in [9.17, 15) is 19.2 Å². The number of para-hydroxylation sites is 1. The SMILES string of the molecule is COc1ccccc1C[C@]1(C)NC(=O)N(CC(=O)NC(=O)NCC(C)C)C1=O. The normalized spacial score (nSPS) is 18.8. The fourth-order valence-corrected chi connectivity index (χ4v) is 2.89. The Bertz CT molecular complexity index is 779. The number of methoxy groups -OCH3 is 1. The molecule has 1 aliphatic heterocycles. The zero-order chi connectivity index (χ0) is 20.9. The predicted molar refractivity (Wildman–Crippen MR) is 102 cm³/mol. The molecule has 9 heteroatoms. The second kappa shape index (κ2) is 8.73. The van der Waals surface area contributed by atoms with Crippen LogP contribution in [-0.4, -0.2) is 54.5 Å². The first kappa shape index (κ1) is 21.2. The lowest BCUT2D eigenvalue weighted by molar-refractivity contribution is -0.134. The molecular weight excluding hydrogens is 364 g/mol. The summed E-state index contributed by atoms with van der Waals surface area (Å²) < 4.78 is 5.29. The Morgan fingerprint density at radius 3 is 2.57 bits per heavy atom. The highest BCUT2D eigenvalue weighted by atomic mass is 16.5. The van der Waals surface area contributed by atoms with Crippen molar-refractivity contribution in [3.8, 4) is 5.75 Å². The van der Waals surface area contributed by atoms with Crippen molar-refractivity contribution in [2.75, 3.05) is 20.2 Å². The van der Waals surface area contributed by atoms with Gasteiger partial charge in [0.1, 0.15) is 17.8 Å². The summed E-state index contributed by atoms with van der Waals surface area (Å²) in [5, 5.41) is 7.28. The number of rotatable bonds is 7. The Labute approximate surface area is 163 Å². The Kier molecular flexibility index (Phi) is 6.61. The van der Waals surface area contributed by atoms with Crippen LogP contribution in [0.25, 0.3) is 0 Å². The van der Waals surface area contributed by atoms with Gasteiger partial charge in [0.2, 0.25) is 5.91 Å². The zero-order valence-corrected chi connectivity index (χ0v) is 16.5. The quantitative estimate of drug-likeness (QED) is 0.601. The van der Waals surface area contributed by atoms with Crippen LogP contribution in [0, 0.1) is 5.92 Å². The topological polar surface area (TPSA) is 117 Å². The molecule has 1 aromatic carbocycles. The van der Waals surface area contributed by atoms with E-state index in [0.717, 1.165) is 10.5 Å². The number of carbonyl (C=O) groups is 4. The van der Waals surface area contributed by atoms with Crippen molar-refractivity contribution in [2.24, 2.45) is 5.92 Å². The standard InChI is InChI=1S/C19H26N4O5/c1-12(2)10-20-17(26)21-15(24)11-23-16(25)19(3,22-18(23)27)9-13-7-5-6-8-14(13)28-4/h5-8,12H,9-11H2,1-4H3,(H,22,27)(H2,20,21,24,26)/t19-/m0/s1. The molecule has 0 saturated carbocycles. The number of hydrogen-bond donors (Lipinski definition) is 3. The van der Waals surface area contributed by atoms with Crippen LogP contribution >= 0.6 is 0 Å². The van der Waals surface area contributed by atoms with Crippen LogP contribution in [0.1, 0.15) is 26.3 Å². The molecule has 6 amide bonds. The molecule has 0 unspecified atom stereocenters. The Balaban J connectivity index is 2.02. The predicted octanol–water partition coefficient (Wildman–Crippen LogP) is 1.03. The van der Waals surface area contributed by atoms with E-state index in [2.05, 4.69) is 16.0 Å². The number of hydrogen-bond acceptors (Lipinski definition) is 5. The highest BCUT2D eigenvalue weighted by Crippen LogP contribution is 2.27. The van der Waals surface area contributed by atoms with Crippen LogP contribution in [0.3, 0.4) is 0 Å². The minimum atomic E-state index is -1.22. The number of imide groups is 2. The molecule has 9 nitrogen and oxygen atoms in total. The van der Waals surface area contributed by atoms with Gasteiger partial charge >= 0.3 is 12.1 Å². The summed E-state index contributed by atoms with van der Waals surface area (Å²) in [6, 6.07) is 5.84.